The molecule has 2 aliphatic rings. The van der Waals surface area contributed by atoms with Gasteiger partial charge in [0.2, 0.25) is 0 Å². The second-order valence-electron chi connectivity index (χ2n) is 5.02. The predicted molar refractivity (Wildman–Crippen MR) is 72.5 cm³/mol. The van der Waals surface area contributed by atoms with Gasteiger partial charge in [-0.2, -0.15) is 0 Å². The Hall–Kier alpha value is -1.63. The molecule has 1 saturated heterocycles. The van der Waals surface area contributed by atoms with E-state index in [1.54, 1.807) is 23.0 Å². The fraction of sp³-hybridized carbons (Fsp3) is 0.583. The second-order valence-corrected chi connectivity index (χ2v) is 6.03. The quantitative estimate of drug-likeness (QED) is 0.900. The number of urea groups is 1. The summed E-state index contributed by atoms with van der Waals surface area (Å²) in [7, 11) is 1.76. The molecule has 0 unspecified atom stereocenters. The van der Waals surface area contributed by atoms with E-state index in [0.29, 0.717) is 29.0 Å². The number of rotatable bonds is 4. The lowest BCUT2D eigenvalue weighted by Crippen LogP contribution is -2.29. The SMILES string of the molecule is CN1CCN(c2ncc(C(=O)NCC3CC3)s2)C1=O. The van der Waals surface area contributed by atoms with Gasteiger partial charge in [-0.3, -0.25) is 9.69 Å². The van der Waals surface area contributed by atoms with Gasteiger partial charge in [-0.1, -0.05) is 11.3 Å². The van der Waals surface area contributed by atoms with Crippen molar-refractivity contribution in [3.8, 4) is 0 Å². The fourth-order valence-corrected chi connectivity index (χ4v) is 2.82. The van der Waals surface area contributed by atoms with Gasteiger partial charge in [-0.05, 0) is 18.8 Å². The van der Waals surface area contributed by atoms with Crippen molar-refractivity contribution in [2.24, 2.45) is 5.92 Å². The summed E-state index contributed by atoms with van der Waals surface area (Å²) in [6, 6.07) is -0.0562. The van der Waals surface area contributed by atoms with Gasteiger partial charge in [-0.25, -0.2) is 9.78 Å². The number of thiazole rings is 1. The van der Waals surface area contributed by atoms with Crippen LogP contribution in [0, 0.1) is 5.92 Å². The Morgan fingerprint density at radius 2 is 2.32 bits per heavy atom. The van der Waals surface area contributed by atoms with Gasteiger partial charge >= 0.3 is 6.03 Å². The molecular formula is C12H16N4O2S. The lowest BCUT2D eigenvalue weighted by molar-refractivity contribution is 0.0955. The van der Waals surface area contributed by atoms with Crippen LogP contribution in [0.3, 0.4) is 0 Å². The highest BCUT2D eigenvalue weighted by Crippen LogP contribution is 2.28. The summed E-state index contributed by atoms with van der Waals surface area (Å²) in [6.45, 7) is 2.07. The molecule has 0 radical (unpaired) electrons. The third-order valence-electron chi connectivity index (χ3n) is 3.41. The van der Waals surface area contributed by atoms with Gasteiger partial charge in [0.25, 0.3) is 5.91 Å². The number of hydrogen-bond acceptors (Lipinski definition) is 4. The normalized spacial score (nSPS) is 19.1. The Labute approximate surface area is 115 Å². The molecule has 1 aliphatic carbocycles. The number of hydrogen-bond donors (Lipinski definition) is 1. The zero-order valence-electron chi connectivity index (χ0n) is 10.8. The van der Waals surface area contributed by atoms with Gasteiger partial charge in [0, 0.05) is 26.7 Å². The van der Waals surface area contributed by atoms with Crippen LogP contribution >= 0.6 is 11.3 Å². The van der Waals surface area contributed by atoms with E-state index in [4.69, 9.17) is 0 Å². The zero-order valence-corrected chi connectivity index (χ0v) is 11.6. The second kappa shape index (κ2) is 4.80. The lowest BCUT2D eigenvalue weighted by atomic mass is 10.4. The van der Waals surface area contributed by atoms with Crippen LogP contribution in [0.25, 0.3) is 0 Å². The molecule has 0 atom stereocenters. The van der Waals surface area contributed by atoms with E-state index in [1.807, 2.05) is 0 Å². The molecule has 2 fully saturated rings. The molecule has 19 heavy (non-hydrogen) atoms. The summed E-state index contributed by atoms with van der Waals surface area (Å²) in [5, 5.41) is 3.51. The van der Waals surface area contributed by atoms with Gasteiger partial charge < -0.3 is 10.2 Å². The summed E-state index contributed by atoms with van der Waals surface area (Å²) >= 11 is 1.27. The Morgan fingerprint density at radius 3 is 2.95 bits per heavy atom. The highest BCUT2D eigenvalue weighted by molar-refractivity contribution is 7.17. The molecule has 0 spiro atoms. The van der Waals surface area contributed by atoms with Crippen LogP contribution in [-0.4, -0.2) is 48.5 Å². The van der Waals surface area contributed by atoms with E-state index in [-0.39, 0.29) is 11.9 Å². The highest BCUT2D eigenvalue weighted by atomic mass is 32.1. The van der Waals surface area contributed by atoms with E-state index in [0.717, 1.165) is 6.54 Å². The zero-order chi connectivity index (χ0) is 13.4. The largest absolute Gasteiger partial charge is 0.351 e. The van der Waals surface area contributed by atoms with Crippen molar-refractivity contribution >= 4 is 28.4 Å². The lowest BCUT2D eigenvalue weighted by Gasteiger charge is -2.11. The Kier molecular flexibility index (Phi) is 3.14. The van der Waals surface area contributed by atoms with E-state index < -0.39 is 0 Å². The average Bonchev–Trinajstić information content (AvgIpc) is 3.01. The first-order chi connectivity index (χ1) is 9.15. The summed E-state index contributed by atoms with van der Waals surface area (Å²) in [5.41, 5.74) is 0. The van der Waals surface area contributed by atoms with Gasteiger partial charge in [0.05, 0.1) is 6.20 Å². The Balaban J connectivity index is 1.65. The molecule has 2 heterocycles. The average molecular weight is 280 g/mol. The van der Waals surface area contributed by atoms with E-state index in [9.17, 15) is 9.59 Å². The first kappa shape index (κ1) is 12.4. The molecule has 0 aromatic carbocycles. The third kappa shape index (κ3) is 2.56. The number of carbonyl (C=O) groups excluding carboxylic acids is 2. The van der Waals surface area contributed by atoms with Gasteiger partial charge in [0.15, 0.2) is 5.13 Å². The van der Waals surface area contributed by atoms with E-state index in [1.165, 1.54) is 24.2 Å². The molecule has 1 aromatic heterocycles. The molecule has 7 heteroatoms. The predicted octanol–water partition coefficient (Wildman–Crippen LogP) is 1.15. The van der Waals surface area contributed by atoms with Crippen LogP contribution in [0.4, 0.5) is 9.93 Å². The summed E-state index contributed by atoms with van der Waals surface area (Å²) in [4.78, 5) is 31.7. The van der Waals surface area contributed by atoms with Crippen LogP contribution in [-0.2, 0) is 0 Å². The van der Waals surface area contributed by atoms with Crippen LogP contribution in [0.2, 0.25) is 0 Å². The fourth-order valence-electron chi connectivity index (χ4n) is 1.97. The molecule has 1 aliphatic heterocycles. The number of amides is 3. The van der Waals surface area contributed by atoms with Crippen LogP contribution in [0.1, 0.15) is 22.5 Å². The van der Waals surface area contributed by atoms with Gasteiger partial charge in [0.1, 0.15) is 4.88 Å². The van der Waals surface area contributed by atoms with Crippen molar-refractivity contribution in [3.63, 3.8) is 0 Å². The Bertz CT molecular complexity index is 512. The van der Waals surface area contributed by atoms with Crippen molar-refractivity contribution < 1.29 is 9.59 Å². The maximum atomic E-state index is 11.9. The van der Waals surface area contributed by atoms with Crippen molar-refractivity contribution in [2.75, 3.05) is 31.6 Å². The number of likely N-dealkylation sites (N-methyl/N-ethyl adjacent to an activating group) is 1. The van der Waals surface area contributed by atoms with Crippen LogP contribution < -0.4 is 10.2 Å². The number of aromatic nitrogens is 1. The number of anilines is 1. The van der Waals surface area contributed by atoms with Gasteiger partial charge in [-0.15, -0.1) is 0 Å². The molecule has 1 saturated carbocycles. The molecule has 1 aromatic rings. The van der Waals surface area contributed by atoms with Crippen molar-refractivity contribution in [1.82, 2.24) is 15.2 Å². The maximum Gasteiger partial charge on any atom is 0.326 e. The first-order valence-corrected chi connectivity index (χ1v) is 7.23. The van der Waals surface area contributed by atoms with E-state index >= 15 is 0 Å². The van der Waals surface area contributed by atoms with E-state index in [2.05, 4.69) is 10.3 Å². The molecule has 3 amide bonds. The summed E-state index contributed by atoms with van der Waals surface area (Å²) in [5.74, 6) is 0.570. The van der Waals surface area contributed by atoms with Crippen molar-refractivity contribution in [1.29, 1.82) is 0 Å². The standard InChI is InChI=1S/C12H16N4O2S/c1-15-4-5-16(12(15)18)11-14-7-9(19-11)10(17)13-6-8-2-3-8/h7-8H,2-6H2,1H3,(H,13,17). The highest BCUT2D eigenvalue weighted by Gasteiger charge is 2.29. The monoisotopic (exact) mass is 280 g/mol. The topological polar surface area (TPSA) is 65.5 Å². The minimum atomic E-state index is -0.0874. The minimum absolute atomic E-state index is 0.0562. The molecule has 102 valence electrons. The minimum Gasteiger partial charge on any atom is -0.351 e. The molecular weight excluding hydrogens is 264 g/mol. The van der Waals surface area contributed by atoms with Crippen LogP contribution in [0.15, 0.2) is 6.20 Å². The summed E-state index contributed by atoms with van der Waals surface area (Å²) in [6.07, 6.45) is 3.97. The number of nitrogens with one attached hydrogen (secondary N) is 1. The smallest absolute Gasteiger partial charge is 0.326 e. The maximum absolute atomic E-state index is 11.9. The summed E-state index contributed by atoms with van der Waals surface area (Å²) < 4.78 is 0. The van der Waals surface area contributed by atoms with Crippen molar-refractivity contribution in [3.05, 3.63) is 11.1 Å². The van der Waals surface area contributed by atoms with Crippen molar-refractivity contribution in [2.45, 2.75) is 12.8 Å². The van der Waals surface area contributed by atoms with Crippen LogP contribution in [0.5, 0.6) is 0 Å². The molecule has 0 bridgehead atoms. The number of carbonyl (C=O) groups is 2. The molecule has 3 rings (SSSR count). The molecule has 1 N–H and O–H groups in total. The number of nitrogens with zero attached hydrogens (tertiary/aromatic N) is 3. The Morgan fingerprint density at radius 1 is 1.53 bits per heavy atom. The third-order valence-corrected chi connectivity index (χ3v) is 4.43. The first-order valence-electron chi connectivity index (χ1n) is 6.42. The molecule has 6 nitrogen and oxygen atoms in total.